The van der Waals surface area contributed by atoms with Crippen molar-refractivity contribution in [2.45, 2.75) is 31.4 Å². The Morgan fingerprint density at radius 1 is 1.33 bits per heavy atom. The second kappa shape index (κ2) is 5.59. The zero-order valence-corrected chi connectivity index (χ0v) is 11.0. The van der Waals surface area contributed by atoms with Gasteiger partial charge < -0.3 is 19.9 Å². The van der Waals surface area contributed by atoms with Crippen molar-refractivity contribution in [2.24, 2.45) is 0 Å². The quantitative estimate of drug-likeness (QED) is 0.812. The van der Waals surface area contributed by atoms with Gasteiger partial charge in [-0.25, -0.2) is 0 Å². The van der Waals surface area contributed by atoms with E-state index in [0.29, 0.717) is 0 Å². The Balaban J connectivity index is 1.94. The van der Waals surface area contributed by atoms with Gasteiger partial charge in [-0.1, -0.05) is 0 Å². The van der Waals surface area contributed by atoms with Gasteiger partial charge in [-0.2, -0.15) is 0 Å². The molecule has 18 heavy (non-hydrogen) atoms. The maximum Gasteiger partial charge on any atom is 0.119 e. The van der Waals surface area contributed by atoms with Gasteiger partial charge in [0.15, 0.2) is 0 Å². The Bertz CT molecular complexity index is 371. The van der Waals surface area contributed by atoms with Crippen LogP contribution in [0.15, 0.2) is 24.3 Å². The number of methoxy groups -OCH3 is 1. The first-order valence-electron chi connectivity index (χ1n) is 6.36. The lowest BCUT2D eigenvalue weighted by molar-refractivity contribution is -0.0458. The molecule has 0 amide bonds. The van der Waals surface area contributed by atoms with Crippen LogP contribution in [0.4, 0.5) is 5.69 Å². The molecule has 1 fully saturated rings. The molecule has 4 nitrogen and oxygen atoms in total. The summed E-state index contributed by atoms with van der Waals surface area (Å²) in [6.45, 7) is 2.85. The number of hydrogen-bond donors (Lipinski definition) is 2. The van der Waals surface area contributed by atoms with Crippen LogP contribution in [0, 0.1) is 0 Å². The van der Waals surface area contributed by atoms with Gasteiger partial charge in [0.05, 0.1) is 25.4 Å². The number of ether oxygens (including phenoxy) is 2. The lowest BCUT2D eigenvalue weighted by Crippen LogP contribution is -2.56. The fourth-order valence-electron chi connectivity index (χ4n) is 2.42. The molecule has 0 atom stereocenters. The van der Waals surface area contributed by atoms with Gasteiger partial charge in [-0.15, -0.1) is 0 Å². The first-order valence-corrected chi connectivity index (χ1v) is 6.36. The lowest BCUT2D eigenvalue weighted by atomic mass is 9.74. The van der Waals surface area contributed by atoms with Crippen LogP contribution in [-0.2, 0) is 4.74 Å². The van der Waals surface area contributed by atoms with Gasteiger partial charge in [0.25, 0.3) is 0 Å². The van der Waals surface area contributed by atoms with Gasteiger partial charge in [0.2, 0.25) is 0 Å². The van der Waals surface area contributed by atoms with E-state index in [2.05, 4.69) is 5.32 Å². The molecule has 100 valence electrons. The number of aliphatic hydroxyl groups is 1. The van der Waals surface area contributed by atoms with Crippen molar-refractivity contribution in [3.8, 4) is 5.75 Å². The molecule has 1 aliphatic carbocycles. The molecule has 2 N–H and O–H groups in total. The molecule has 0 radical (unpaired) electrons. The molecule has 1 aromatic carbocycles. The second-order valence-electron chi connectivity index (χ2n) is 4.78. The van der Waals surface area contributed by atoms with Crippen molar-refractivity contribution in [3.63, 3.8) is 0 Å². The van der Waals surface area contributed by atoms with Crippen LogP contribution in [0.25, 0.3) is 0 Å². The normalized spacial score (nSPS) is 26.5. The van der Waals surface area contributed by atoms with E-state index in [-0.39, 0.29) is 18.2 Å². The summed E-state index contributed by atoms with van der Waals surface area (Å²) in [5.74, 6) is 0.833. The van der Waals surface area contributed by atoms with Crippen LogP contribution in [0.5, 0.6) is 5.75 Å². The van der Waals surface area contributed by atoms with E-state index in [9.17, 15) is 5.11 Å². The Labute approximate surface area is 108 Å². The largest absolute Gasteiger partial charge is 0.497 e. The molecule has 0 unspecified atom stereocenters. The summed E-state index contributed by atoms with van der Waals surface area (Å²) in [6, 6.07) is 7.74. The molecule has 1 aromatic rings. The van der Waals surface area contributed by atoms with Crippen LogP contribution < -0.4 is 10.1 Å². The van der Waals surface area contributed by atoms with Gasteiger partial charge in [-0.3, -0.25) is 0 Å². The standard InChI is InChI=1S/C14H21NO3/c1-3-18-13-8-14(9-13,10-16)15-11-4-6-12(17-2)7-5-11/h4-7,13,15-16H,3,8-10H2,1-2H3. The maximum atomic E-state index is 9.54. The van der Waals surface area contributed by atoms with Crippen molar-refractivity contribution in [3.05, 3.63) is 24.3 Å². The zero-order chi connectivity index (χ0) is 13.0. The molecule has 0 saturated heterocycles. The second-order valence-corrected chi connectivity index (χ2v) is 4.78. The van der Waals surface area contributed by atoms with E-state index in [1.807, 2.05) is 31.2 Å². The molecule has 0 heterocycles. The summed E-state index contributed by atoms with van der Waals surface area (Å²) in [6.07, 6.45) is 1.97. The summed E-state index contributed by atoms with van der Waals surface area (Å²) in [5.41, 5.74) is 0.772. The summed E-state index contributed by atoms with van der Waals surface area (Å²) in [7, 11) is 1.65. The van der Waals surface area contributed by atoms with E-state index >= 15 is 0 Å². The summed E-state index contributed by atoms with van der Waals surface area (Å²) in [5, 5.41) is 12.9. The predicted octanol–water partition coefficient (Wildman–Crippen LogP) is 2.04. The Morgan fingerprint density at radius 2 is 2.00 bits per heavy atom. The van der Waals surface area contributed by atoms with Crippen LogP contribution >= 0.6 is 0 Å². The molecule has 0 spiro atoms. The average Bonchev–Trinajstić information content (AvgIpc) is 2.37. The third-order valence-electron chi connectivity index (χ3n) is 3.44. The minimum absolute atomic E-state index is 0.128. The zero-order valence-electron chi connectivity index (χ0n) is 11.0. The minimum Gasteiger partial charge on any atom is -0.497 e. The summed E-state index contributed by atoms with van der Waals surface area (Å²) < 4.78 is 10.7. The van der Waals surface area contributed by atoms with Crippen molar-refractivity contribution in [1.82, 2.24) is 0 Å². The topological polar surface area (TPSA) is 50.7 Å². The molecular weight excluding hydrogens is 230 g/mol. The van der Waals surface area contributed by atoms with E-state index in [1.54, 1.807) is 7.11 Å². The fourth-order valence-corrected chi connectivity index (χ4v) is 2.42. The molecule has 2 rings (SSSR count). The number of rotatable bonds is 6. The summed E-state index contributed by atoms with van der Waals surface area (Å²) >= 11 is 0. The number of hydrogen-bond acceptors (Lipinski definition) is 4. The third-order valence-corrected chi connectivity index (χ3v) is 3.44. The average molecular weight is 251 g/mol. The first kappa shape index (κ1) is 13.2. The molecule has 1 aliphatic rings. The van der Waals surface area contributed by atoms with Crippen LogP contribution in [0.1, 0.15) is 19.8 Å². The van der Waals surface area contributed by atoms with Crippen molar-refractivity contribution >= 4 is 5.69 Å². The van der Waals surface area contributed by atoms with E-state index in [0.717, 1.165) is 30.9 Å². The monoisotopic (exact) mass is 251 g/mol. The van der Waals surface area contributed by atoms with E-state index in [1.165, 1.54) is 0 Å². The molecule has 0 aliphatic heterocycles. The fraction of sp³-hybridized carbons (Fsp3) is 0.571. The maximum absolute atomic E-state index is 9.54. The highest BCUT2D eigenvalue weighted by molar-refractivity contribution is 5.49. The van der Waals surface area contributed by atoms with Gasteiger partial charge >= 0.3 is 0 Å². The number of anilines is 1. The highest BCUT2D eigenvalue weighted by Gasteiger charge is 2.44. The first-order chi connectivity index (χ1) is 8.71. The molecular formula is C14H21NO3. The van der Waals surface area contributed by atoms with Gasteiger partial charge in [-0.05, 0) is 44.0 Å². The molecule has 4 heteroatoms. The third kappa shape index (κ3) is 2.76. The van der Waals surface area contributed by atoms with Crippen LogP contribution in [0.2, 0.25) is 0 Å². The van der Waals surface area contributed by atoms with Crippen LogP contribution in [-0.4, -0.2) is 37.1 Å². The van der Waals surface area contributed by atoms with Crippen LogP contribution in [0.3, 0.4) is 0 Å². The highest BCUT2D eigenvalue weighted by Crippen LogP contribution is 2.37. The molecule has 0 bridgehead atoms. The smallest absolute Gasteiger partial charge is 0.119 e. The number of benzene rings is 1. The summed E-state index contributed by atoms with van der Waals surface area (Å²) in [4.78, 5) is 0. The molecule has 1 saturated carbocycles. The number of aliphatic hydroxyl groups excluding tert-OH is 1. The lowest BCUT2D eigenvalue weighted by Gasteiger charge is -2.47. The van der Waals surface area contributed by atoms with Crippen molar-refractivity contribution in [1.29, 1.82) is 0 Å². The Morgan fingerprint density at radius 3 is 2.50 bits per heavy atom. The van der Waals surface area contributed by atoms with Crippen molar-refractivity contribution < 1.29 is 14.6 Å². The van der Waals surface area contributed by atoms with E-state index < -0.39 is 0 Å². The van der Waals surface area contributed by atoms with E-state index in [4.69, 9.17) is 9.47 Å². The minimum atomic E-state index is -0.228. The SMILES string of the molecule is CCOC1CC(CO)(Nc2ccc(OC)cc2)C1. The highest BCUT2D eigenvalue weighted by atomic mass is 16.5. The van der Waals surface area contributed by atoms with Crippen molar-refractivity contribution in [2.75, 3.05) is 25.6 Å². The Hall–Kier alpha value is -1.26. The van der Waals surface area contributed by atoms with Gasteiger partial charge in [0, 0.05) is 12.3 Å². The Kier molecular flexibility index (Phi) is 4.09. The number of nitrogens with one attached hydrogen (secondary N) is 1. The van der Waals surface area contributed by atoms with Gasteiger partial charge in [0.1, 0.15) is 5.75 Å². The predicted molar refractivity (Wildman–Crippen MR) is 71.1 cm³/mol. The molecule has 0 aromatic heterocycles.